The van der Waals surface area contributed by atoms with E-state index in [0.717, 1.165) is 25.9 Å². The molecular weight excluding hydrogens is 324 g/mol. The van der Waals surface area contributed by atoms with Crippen LogP contribution in [0.2, 0.25) is 0 Å². The number of carbonyl (C=O) groups is 2. The van der Waals surface area contributed by atoms with Crippen LogP contribution in [0.1, 0.15) is 28.8 Å². The van der Waals surface area contributed by atoms with Crippen molar-refractivity contribution in [3.05, 3.63) is 29.3 Å². The van der Waals surface area contributed by atoms with Crippen molar-refractivity contribution in [1.82, 2.24) is 10.2 Å². The Bertz CT molecular complexity index is 616. The molecule has 0 aliphatic carbocycles. The summed E-state index contributed by atoms with van der Waals surface area (Å²) in [5.74, 6) is -1.48. The van der Waals surface area contributed by atoms with Crippen molar-refractivity contribution in [2.45, 2.75) is 25.0 Å². The molecule has 0 aromatic heterocycles. The first kappa shape index (κ1) is 17.4. The fourth-order valence-corrected chi connectivity index (χ4v) is 3.03. The topological polar surface area (TPSA) is 99.1 Å². The third-order valence-corrected chi connectivity index (χ3v) is 4.22. The highest BCUT2D eigenvalue weighted by atomic mass is 35.5. The Morgan fingerprint density at radius 2 is 2.04 bits per heavy atom. The summed E-state index contributed by atoms with van der Waals surface area (Å²) < 4.78 is 5.56. The van der Waals surface area contributed by atoms with Gasteiger partial charge in [-0.05, 0) is 30.8 Å². The first-order chi connectivity index (χ1) is 10.5. The summed E-state index contributed by atoms with van der Waals surface area (Å²) in [7, 11) is 0. The Morgan fingerprint density at radius 1 is 1.35 bits per heavy atom. The van der Waals surface area contributed by atoms with Gasteiger partial charge in [-0.25, -0.2) is 9.59 Å². The van der Waals surface area contributed by atoms with Crippen molar-refractivity contribution in [2.24, 2.45) is 0 Å². The van der Waals surface area contributed by atoms with Crippen molar-refractivity contribution in [3.8, 4) is 5.75 Å². The van der Waals surface area contributed by atoms with Crippen LogP contribution < -0.4 is 5.32 Å². The van der Waals surface area contributed by atoms with E-state index in [2.05, 4.69) is 5.32 Å². The minimum Gasteiger partial charge on any atom is -0.507 e. The Labute approximate surface area is 139 Å². The monoisotopic (exact) mass is 342 g/mol. The van der Waals surface area contributed by atoms with Gasteiger partial charge in [0.05, 0.1) is 6.54 Å². The normalized spacial score (nSPS) is 19.3. The Balaban J connectivity index is 0.00000192. The zero-order valence-corrected chi connectivity index (χ0v) is 13.3. The number of ether oxygens (including phenoxy) is 1. The number of phenols is 1. The molecule has 0 bridgehead atoms. The molecule has 0 atom stereocenters. The van der Waals surface area contributed by atoms with Crippen molar-refractivity contribution < 1.29 is 24.5 Å². The number of nitrogens with zero attached hydrogens (tertiary/aromatic N) is 1. The third kappa shape index (κ3) is 3.51. The van der Waals surface area contributed by atoms with E-state index in [-0.39, 0.29) is 29.8 Å². The van der Waals surface area contributed by atoms with Gasteiger partial charge < -0.3 is 20.3 Å². The van der Waals surface area contributed by atoms with Gasteiger partial charge in [0.15, 0.2) is 0 Å². The predicted octanol–water partition coefficient (Wildman–Crippen LogP) is 1.59. The van der Waals surface area contributed by atoms with Gasteiger partial charge >= 0.3 is 12.1 Å². The number of carbonyl (C=O) groups excluding carboxylic acids is 1. The van der Waals surface area contributed by atoms with Gasteiger partial charge in [0, 0.05) is 19.4 Å². The second-order valence-electron chi connectivity index (χ2n) is 5.81. The molecule has 0 saturated carbocycles. The molecule has 3 rings (SSSR count). The number of nitrogens with one attached hydrogen (secondary N) is 1. The molecule has 2 saturated heterocycles. The molecule has 1 aromatic carbocycles. The van der Waals surface area contributed by atoms with Crippen LogP contribution in [-0.2, 0) is 11.3 Å². The van der Waals surface area contributed by atoms with E-state index in [1.807, 2.05) is 0 Å². The zero-order chi connectivity index (χ0) is 15.7. The maximum absolute atomic E-state index is 12.0. The van der Waals surface area contributed by atoms with E-state index >= 15 is 0 Å². The van der Waals surface area contributed by atoms with E-state index < -0.39 is 11.6 Å². The second-order valence-corrected chi connectivity index (χ2v) is 5.81. The molecule has 0 unspecified atom stereocenters. The number of aromatic carboxylic acids is 1. The maximum atomic E-state index is 12.0. The van der Waals surface area contributed by atoms with E-state index in [9.17, 15) is 14.7 Å². The minimum atomic E-state index is -1.18. The van der Waals surface area contributed by atoms with Crippen molar-refractivity contribution in [3.63, 3.8) is 0 Å². The third-order valence-electron chi connectivity index (χ3n) is 4.22. The zero-order valence-electron chi connectivity index (χ0n) is 12.4. The first-order valence-corrected chi connectivity index (χ1v) is 7.23. The van der Waals surface area contributed by atoms with E-state index in [1.165, 1.54) is 12.1 Å². The highest BCUT2D eigenvalue weighted by molar-refractivity contribution is 5.90. The summed E-state index contributed by atoms with van der Waals surface area (Å²) in [6, 6.07) is 4.32. The molecule has 2 aliphatic rings. The van der Waals surface area contributed by atoms with Gasteiger partial charge in [0.2, 0.25) is 0 Å². The fraction of sp³-hybridized carbons (Fsp3) is 0.467. The fourth-order valence-electron chi connectivity index (χ4n) is 3.03. The van der Waals surface area contributed by atoms with Gasteiger partial charge in [-0.15, -0.1) is 12.4 Å². The molecule has 23 heavy (non-hydrogen) atoms. The lowest BCUT2D eigenvalue weighted by atomic mass is 9.92. The highest BCUT2D eigenvalue weighted by Gasteiger charge is 2.45. The maximum Gasteiger partial charge on any atom is 0.410 e. The van der Waals surface area contributed by atoms with Gasteiger partial charge in [-0.1, -0.05) is 6.07 Å². The number of rotatable bonds is 3. The molecule has 3 N–H and O–H groups in total. The lowest BCUT2D eigenvalue weighted by Crippen LogP contribution is -2.44. The van der Waals surface area contributed by atoms with Crippen LogP contribution in [0, 0.1) is 0 Å². The Kier molecular flexibility index (Phi) is 5.01. The lowest BCUT2D eigenvalue weighted by Gasteiger charge is -2.31. The summed E-state index contributed by atoms with van der Waals surface area (Å²) in [5.41, 5.74) is 0.110. The van der Waals surface area contributed by atoms with Crippen LogP contribution in [0.15, 0.2) is 18.2 Å². The second kappa shape index (κ2) is 6.64. The number of carboxylic acid groups (broad SMARTS) is 1. The van der Waals surface area contributed by atoms with Crippen LogP contribution in [0.25, 0.3) is 0 Å². The molecule has 8 heteroatoms. The van der Waals surface area contributed by atoms with Crippen LogP contribution in [-0.4, -0.2) is 52.4 Å². The average Bonchev–Trinajstić information content (AvgIpc) is 2.75. The largest absolute Gasteiger partial charge is 0.507 e. The predicted molar refractivity (Wildman–Crippen MR) is 84.0 cm³/mol. The summed E-state index contributed by atoms with van der Waals surface area (Å²) in [6.07, 6.45) is 1.22. The number of hydrogen-bond donors (Lipinski definition) is 3. The SMILES string of the molecule is Cl.O=C(O)c1ccc(CN2CC3(CCNCC3)OC2=O)cc1O. The average molecular weight is 343 g/mol. The standard InChI is InChI=1S/C15H18N2O5.ClH/c18-12-7-10(1-2-11(12)13(19)20)8-17-9-15(22-14(17)21)3-5-16-6-4-15;/h1-2,7,16,18H,3-6,8-9H2,(H,19,20);1H. The number of piperidine rings is 1. The molecule has 0 radical (unpaired) electrons. The summed E-state index contributed by atoms with van der Waals surface area (Å²) in [5, 5.41) is 21.9. The van der Waals surface area contributed by atoms with Crippen LogP contribution in [0.4, 0.5) is 4.79 Å². The van der Waals surface area contributed by atoms with E-state index in [1.54, 1.807) is 11.0 Å². The Hall–Kier alpha value is -1.99. The van der Waals surface area contributed by atoms with Crippen LogP contribution >= 0.6 is 12.4 Å². The number of aromatic hydroxyl groups is 1. The van der Waals surface area contributed by atoms with Crippen molar-refractivity contribution in [2.75, 3.05) is 19.6 Å². The number of carboxylic acids is 1. The molecule has 2 fully saturated rings. The molecule has 1 spiro atoms. The number of benzene rings is 1. The van der Waals surface area contributed by atoms with Crippen LogP contribution in [0.5, 0.6) is 5.75 Å². The van der Waals surface area contributed by atoms with Crippen molar-refractivity contribution in [1.29, 1.82) is 0 Å². The van der Waals surface area contributed by atoms with E-state index in [4.69, 9.17) is 9.84 Å². The van der Waals surface area contributed by atoms with E-state index in [0.29, 0.717) is 18.7 Å². The smallest absolute Gasteiger partial charge is 0.410 e. The quantitative estimate of drug-likeness (QED) is 0.771. The number of amides is 1. The Morgan fingerprint density at radius 3 is 2.65 bits per heavy atom. The van der Waals surface area contributed by atoms with Gasteiger partial charge in [0.1, 0.15) is 16.9 Å². The minimum absolute atomic E-state index is 0. The molecular formula is C15H19ClN2O5. The molecule has 2 heterocycles. The lowest BCUT2D eigenvalue weighted by molar-refractivity contribution is 0.0316. The highest BCUT2D eigenvalue weighted by Crippen LogP contribution is 2.32. The van der Waals surface area contributed by atoms with Gasteiger partial charge in [-0.3, -0.25) is 4.90 Å². The summed E-state index contributed by atoms with van der Waals surface area (Å²) in [4.78, 5) is 24.5. The molecule has 7 nitrogen and oxygen atoms in total. The summed E-state index contributed by atoms with van der Waals surface area (Å²) >= 11 is 0. The van der Waals surface area contributed by atoms with Crippen molar-refractivity contribution >= 4 is 24.5 Å². The molecule has 2 aliphatic heterocycles. The van der Waals surface area contributed by atoms with Gasteiger partial charge in [-0.2, -0.15) is 0 Å². The molecule has 126 valence electrons. The molecule has 1 amide bonds. The summed E-state index contributed by atoms with van der Waals surface area (Å²) in [6.45, 7) is 2.47. The van der Waals surface area contributed by atoms with Gasteiger partial charge in [0.25, 0.3) is 0 Å². The molecule has 1 aromatic rings. The number of hydrogen-bond acceptors (Lipinski definition) is 5. The first-order valence-electron chi connectivity index (χ1n) is 7.23. The number of halogens is 1. The van der Waals surface area contributed by atoms with Crippen LogP contribution in [0.3, 0.4) is 0 Å².